The van der Waals surface area contributed by atoms with Crippen molar-refractivity contribution in [1.82, 2.24) is 9.80 Å². The van der Waals surface area contributed by atoms with Gasteiger partial charge < -0.3 is 4.90 Å². The molecule has 2 nitrogen and oxygen atoms in total. The molecule has 1 aliphatic heterocycles. The fourth-order valence-corrected chi connectivity index (χ4v) is 5.79. The topological polar surface area (TPSA) is 6.48 Å². The largest absolute Gasteiger partial charge is 0.368 e. The van der Waals surface area contributed by atoms with Crippen LogP contribution in [-0.2, 0) is 19.4 Å². The maximum atomic E-state index is 2.76. The molecule has 1 heterocycles. The molecule has 1 saturated heterocycles. The summed E-state index contributed by atoms with van der Waals surface area (Å²) in [5.41, 5.74) is 6.03. The van der Waals surface area contributed by atoms with Crippen molar-refractivity contribution in [2.45, 2.75) is 70.0 Å². The summed E-state index contributed by atoms with van der Waals surface area (Å²) in [6.45, 7) is 3.52. The molecular formula is C29H36N2. The van der Waals surface area contributed by atoms with Crippen LogP contribution in [0.25, 0.3) is 0 Å². The zero-order valence-corrected chi connectivity index (χ0v) is 18.8. The molecule has 0 saturated carbocycles. The first kappa shape index (κ1) is 20.6. The minimum atomic E-state index is 0.609. The molecule has 3 aliphatic rings. The molecule has 1 atom stereocenters. The van der Waals surface area contributed by atoms with E-state index >= 15 is 0 Å². The van der Waals surface area contributed by atoms with Crippen molar-refractivity contribution in [2.75, 3.05) is 13.1 Å². The van der Waals surface area contributed by atoms with E-state index in [-0.39, 0.29) is 0 Å². The van der Waals surface area contributed by atoms with Gasteiger partial charge in [0.15, 0.2) is 0 Å². The molecule has 0 unspecified atom stereocenters. The van der Waals surface area contributed by atoms with E-state index in [2.05, 4.69) is 82.6 Å². The van der Waals surface area contributed by atoms with Crippen LogP contribution in [0.5, 0.6) is 0 Å². The molecular weight excluding hydrogens is 376 g/mol. The van der Waals surface area contributed by atoms with E-state index in [9.17, 15) is 0 Å². The maximum absolute atomic E-state index is 2.76. The monoisotopic (exact) mass is 412 g/mol. The Morgan fingerprint density at radius 1 is 0.871 bits per heavy atom. The third kappa shape index (κ3) is 4.96. The summed E-state index contributed by atoms with van der Waals surface area (Å²) < 4.78 is 0. The van der Waals surface area contributed by atoms with Crippen molar-refractivity contribution in [3.05, 3.63) is 95.2 Å². The Hall–Kier alpha value is -2.32. The van der Waals surface area contributed by atoms with Gasteiger partial charge >= 0.3 is 0 Å². The van der Waals surface area contributed by atoms with Crippen molar-refractivity contribution in [1.29, 1.82) is 0 Å². The first-order chi connectivity index (χ1) is 15.4. The Morgan fingerprint density at radius 2 is 1.65 bits per heavy atom. The number of allylic oxidation sites excluding steroid dienone is 3. The Kier molecular flexibility index (Phi) is 6.55. The molecule has 0 bridgehead atoms. The van der Waals surface area contributed by atoms with E-state index < -0.39 is 0 Å². The van der Waals surface area contributed by atoms with Crippen LogP contribution in [0.1, 0.15) is 55.2 Å². The molecule has 1 fully saturated rings. The van der Waals surface area contributed by atoms with Gasteiger partial charge in [-0.2, -0.15) is 0 Å². The Labute approximate surface area is 188 Å². The van der Waals surface area contributed by atoms with Crippen LogP contribution in [0.3, 0.4) is 0 Å². The van der Waals surface area contributed by atoms with Crippen LogP contribution < -0.4 is 0 Å². The van der Waals surface area contributed by atoms with Crippen LogP contribution in [0.2, 0.25) is 0 Å². The standard InChI is InChI=1S/C29H36N2/c1-3-11-24(12-4-1)23-30-19-10-9-15-27(30)18-20-31(28-16-5-2-6-17-28)29-21-25-13-7-8-14-26(25)22-29/h1,3-5,7-8,11-14,16-17,27,29H,2,6,9-10,15,18-23H2/t27-/m0/s1. The highest BCUT2D eigenvalue weighted by Gasteiger charge is 2.29. The molecule has 31 heavy (non-hydrogen) atoms. The molecule has 0 aromatic heterocycles. The van der Waals surface area contributed by atoms with E-state index in [0.29, 0.717) is 12.1 Å². The molecule has 0 spiro atoms. The van der Waals surface area contributed by atoms with Crippen LogP contribution >= 0.6 is 0 Å². The van der Waals surface area contributed by atoms with Crippen LogP contribution in [0, 0.1) is 0 Å². The summed E-state index contributed by atoms with van der Waals surface area (Å²) in [6, 6.07) is 21.4. The number of piperidine rings is 1. The Bertz CT molecular complexity index is 888. The SMILES string of the molecule is C1=CC(N(CC[C@@H]2CCCCN2Cc2ccccc2)C2Cc3ccccc3C2)=CCC1. The van der Waals surface area contributed by atoms with Crippen LogP contribution in [0.15, 0.2) is 78.5 Å². The van der Waals surface area contributed by atoms with Gasteiger partial charge in [0.1, 0.15) is 0 Å². The zero-order valence-electron chi connectivity index (χ0n) is 18.8. The fraction of sp³-hybridized carbons (Fsp3) is 0.448. The fourth-order valence-electron chi connectivity index (χ4n) is 5.79. The second-order valence-corrected chi connectivity index (χ2v) is 9.53. The van der Waals surface area contributed by atoms with Gasteiger partial charge in [0.2, 0.25) is 0 Å². The first-order valence-electron chi connectivity index (χ1n) is 12.3. The molecule has 2 aromatic rings. The van der Waals surface area contributed by atoms with Gasteiger partial charge in [0.25, 0.3) is 0 Å². The van der Waals surface area contributed by atoms with E-state index in [4.69, 9.17) is 0 Å². The van der Waals surface area contributed by atoms with Gasteiger partial charge in [0, 0.05) is 30.9 Å². The van der Waals surface area contributed by atoms with Crippen molar-refractivity contribution >= 4 is 0 Å². The lowest BCUT2D eigenvalue weighted by Crippen LogP contribution is -2.43. The highest BCUT2D eigenvalue weighted by molar-refractivity contribution is 5.35. The third-order valence-electron chi connectivity index (χ3n) is 7.46. The highest BCUT2D eigenvalue weighted by atomic mass is 15.2. The molecule has 2 heteroatoms. The molecule has 162 valence electrons. The number of hydrogen-bond acceptors (Lipinski definition) is 2. The van der Waals surface area contributed by atoms with Gasteiger partial charge in [-0.25, -0.2) is 0 Å². The summed E-state index contributed by atoms with van der Waals surface area (Å²) >= 11 is 0. The summed E-state index contributed by atoms with van der Waals surface area (Å²) in [4.78, 5) is 5.51. The molecule has 5 rings (SSSR count). The van der Waals surface area contributed by atoms with E-state index in [0.717, 1.165) is 6.54 Å². The van der Waals surface area contributed by atoms with Gasteiger partial charge in [0.05, 0.1) is 0 Å². The van der Waals surface area contributed by atoms with Gasteiger partial charge in [-0.05, 0) is 74.3 Å². The summed E-state index contributed by atoms with van der Waals surface area (Å²) in [7, 11) is 0. The quantitative estimate of drug-likeness (QED) is 0.539. The number of benzene rings is 2. The molecule has 2 aromatic carbocycles. The second-order valence-electron chi connectivity index (χ2n) is 9.53. The highest BCUT2D eigenvalue weighted by Crippen LogP contribution is 2.30. The normalized spacial score (nSPS) is 21.7. The van der Waals surface area contributed by atoms with Gasteiger partial charge in [-0.15, -0.1) is 0 Å². The lowest BCUT2D eigenvalue weighted by molar-refractivity contribution is 0.117. The Morgan fingerprint density at radius 3 is 2.39 bits per heavy atom. The smallest absolute Gasteiger partial charge is 0.0370 e. The van der Waals surface area contributed by atoms with E-state index in [1.54, 1.807) is 11.1 Å². The number of fused-ring (bicyclic) bond motifs is 1. The van der Waals surface area contributed by atoms with Gasteiger partial charge in [-0.1, -0.05) is 73.2 Å². The minimum absolute atomic E-state index is 0.609. The molecule has 0 radical (unpaired) electrons. The number of likely N-dealkylation sites (tertiary alicyclic amines) is 1. The summed E-state index contributed by atoms with van der Waals surface area (Å²) in [6.07, 6.45) is 17.3. The molecule has 0 N–H and O–H groups in total. The average Bonchev–Trinajstić information content (AvgIpc) is 3.25. The van der Waals surface area contributed by atoms with Crippen molar-refractivity contribution in [3.8, 4) is 0 Å². The number of hydrogen-bond donors (Lipinski definition) is 0. The predicted octanol–water partition coefficient (Wildman–Crippen LogP) is 6.13. The molecule has 2 aliphatic carbocycles. The third-order valence-corrected chi connectivity index (χ3v) is 7.46. The summed E-state index contributed by atoms with van der Waals surface area (Å²) in [5.74, 6) is 0. The van der Waals surface area contributed by atoms with Crippen LogP contribution in [0.4, 0.5) is 0 Å². The maximum Gasteiger partial charge on any atom is 0.0370 e. The minimum Gasteiger partial charge on any atom is -0.368 e. The van der Waals surface area contributed by atoms with E-state index in [1.165, 1.54) is 75.7 Å². The van der Waals surface area contributed by atoms with Crippen molar-refractivity contribution < 1.29 is 0 Å². The van der Waals surface area contributed by atoms with Crippen LogP contribution in [-0.4, -0.2) is 35.0 Å². The lowest BCUT2D eigenvalue weighted by Gasteiger charge is -2.39. The molecule has 0 amide bonds. The van der Waals surface area contributed by atoms with E-state index in [1.807, 2.05) is 0 Å². The predicted molar refractivity (Wildman–Crippen MR) is 130 cm³/mol. The zero-order chi connectivity index (χ0) is 20.9. The van der Waals surface area contributed by atoms with Crippen molar-refractivity contribution in [3.63, 3.8) is 0 Å². The summed E-state index contributed by atoms with van der Waals surface area (Å²) in [5, 5.41) is 0. The second kappa shape index (κ2) is 9.87. The number of nitrogens with zero attached hydrogens (tertiary/aromatic N) is 2. The first-order valence-corrected chi connectivity index (χ1v) is 12.3. The van der Waals surface area contributed by atoms with Crippen molar-refractivity contribution in [2.24, 2.45) is 0 Å². The number of rotatable bonds is 7. The Balaban J connectivity index is 1.28. The van der Waals surface area contributed by atoms with Gasteiger partial charge in [-0.3, -0.25) is 4.90 Å². The average molecular weight is 413 g/mol. The lowest BCUT2D eigenvalue weighted by atomic mass is 9.97.